The number of carbonyl (C=O) groups excluding carboxylic acids is 1. The molecule has 2 aliphatic heterocycles. The molecule has 0 aromatic rings. The van der Waals surface area contributed by atoms with Crippen molar-refractivity contribution in [3.8, 4) is 0 Å². The van der Waals surface area contributed by atoms with Crippen LogP contribution in [0.25, 0.3) is 0 Å². The summed E-state index contributed by atoms with van der Waals surface area (Å²) in [5.41, 5.74) is 1.42. The highest BCUT2D eigenvalue weighted by atomic mass is 79.9. The van der Waals surface area contributed by atoms with Crippen LogP contribution in [0.1, 0.15) is 13.3 Å². The first kappa shape index (κ1) is 13.3. The van der Waals surface area contributed by atoms with Crippen LogP contribution >= 0.6 is 15.9 Å². The van der Waals surface area contributed by atoms with Crippen molar-refractivity contribution in [3.05, 3.63) is 23.2 Å². The van der Waals surface area contributed by atoms with Crippen molar-refractivity contribution in [1.29, 1.82) is 0 Å². The van der Waals surface area contributed by atoms with Gasteiger partial charge in [-0.2, -0.15) is 0 Å². The number of morpholine rings is 1. The Bertz CT molecular complexity index is 490. The molecule has 4 unspecified atom stereocenters. The topological polar surface area (TPSA) is 49.8 Å². The Labute approximate surface area is 119 Å². The Morgan fingerprint density at radius 1 is 1.63 bits per heavy atom. The van der Waals surface area contributed by atoms with Crippen LogP contribution in [0.5, 0.6) is 0 Å². The average molecular weight is 332 g/mol. The number of nitrogens with zero attached hydrogens (tertiary/aromatic N) is 1. The SMILES string of the molecule is CC1COC2C3=C(C=C(F)C2Br)C(CO)CC(=O)N31. The molecule has 1 N–H and O–H groups in total. The first-order valence-electron chi connectivity index (χ1n) is 6.34. The number of alkyl halides is 1. The van der Waals surface area contributed by atoms with Gasteiger partial charge in [-0.15, -0.1) is 0 Å². The number of amides is 1. The number of ether oxygens (including phenoxy) is 1. The summed E-state index contributed by atoms with van der Waals surface area (Å²) in [6.45, 7) is 2.15. The van der Waals surface area contributed by atoms with E-state index >= 15 is 0 Å². The minimum absolute atomic E-state index is 0.0194. The predicted octanol–water partition coefficient (Wildman–Crippen LogP) is 1.50. The van der Waals surface area contributed by atoms with Crippen LogP contribution in [0.2, 0.25) is 0 Å². The van der Waals surface area contributed by atoms with E-state index in [-0.39, 0.29) is 36.7 Å². The van der Waals surface area contributed by atoms with E-state index in [1.807, 2.05) is 6.92 Å². The third-order valence-corrected chi connectivity index (χ3v) is 4.87. The Morgan fingerprint density at radius 2 is 2.37 bits per heavy atom. The molecule has 19 heavy (non-hydrogen) atoms. The van der Waals surface area contributed by atoms with Crippen LogP contribution in [-0.2, 0) is 9.53 Å². The largest absolute Gasteiger partial charge is 0.396 e. The molecule has 0 aromatic heterocycles. The number of aliphatic hydroxyl groups excluding tert-OH is 1. The molecule has 6 heteroatoms. The molecular weight excluding hydrogens is 317 g/mol. The zero-order chi connectivity index (χ0) is 13.7. The minimum Gasteiger partial charge on any atom is -0.396 e. The van der Waals surface area contributed by atoms with E-state index in [0.717, 1.165) is 5.70 Å². The number of halogens is 2. The minimum atomic E-state index is -0.563. The lowest BCUT2D eigenvalue weighted by Gasteiger charge is -2.48. The fourth-order valence-corrected chi connectivity index (χ4v) is 3.57. The quantitative estimate of drug-likeness (QED) is 0.741. The predicted molar refractivity (Wildman–Crippen MR) is 70.2 cm³/mol. The van der Waals surface area contributed by atoms with Crippen molar-refractivity contribution >= 4 is 21.8 Å². The third kappa shape index (κ3) is 1.88. The van der Waals surface area contributed by atoms with Crippen LogP contribution in [0.15, 0.2) is 23.2 Å². The monoisotopic (exact) mass is 331 g/mol. The molecule has 0 spiro atoms. The molecule has 3 rings (SSSR count). The Hall–Kier alpha value is -0.720. The normalized spacial score (nSPS) is 38.2. The zero-order valence-electron chi connectivity index (χ0n) is 10.5. The highest BCUT2D eigenvalue weighted by Gasteiger charge is 2.47. The van der Waals surface area contributed by atoms with Gasteiger partial charge in [0.25, 0.3) is 0 Å². The molecule has 1 aliphatic carbocycles. The summed E-state index contributed by atoms with van der Waals surface area (Å²) in [6.07, 6.45) is 1.17. The standard InChI is InChI=1S/C13H15BrFNO3/c1-6-5-19-13-11(14)9(15)3-8-7(4-17)2-10(18)16(6)12(8)13/h3,6-7,11,13,17H,2,4-5H2,1H3. The van der Waals surface area contributed by atoms with E-state index in [0.29, 0.717) is 12.2 Å². The van der Waals surface area contributed by atoms with Crippen molar-refractivity contribution in [2.75, 3.05) is 13.2 Å². The highest BCUT2D eigenvalue weighted by Crippen LogP contribution is 2.43. The lowest BCUT2D eigenvalue weighted by molar-refractivity contribution is -0.141. The van der Waals surface area contributed by atoms with Gasteiger partial charge in [-0.05, 0) is 18.6 Å². The van der Waals surface area contributed by atoms with E-state index in [1.54, 1.807) is 4.90 Å². The van der Waals surface area contributed by atoms with Crippen molar-refractivity contribution < 1.29 is 19.0 Å². The van der Waals surface area contributed by atoms with Gasteiger partial charge < -0.3 is 14.7 Å². The van der Waals surface area contributed by atoms with E-state index in [4.69, 9.17) is 4.74 Å². The van der Waals surface area contributed by atoms with Crippen molar-refractivity contribution in [3.63, 3.8) is 0 Å². The van der Waals surface area contributed by atoms with E-state index in [9.17, 15) is 14.3 Å². The van der Waals surface area contributed by atoms with Gasteiger partial charge in [0.15, 0.2) is 0 Å². The fourth-order valence-electron chi connectivity index (χ4n) is 3.03. The molecule has 4 atom stereocenters. The summed E-state index contributed by atoms with van der Waals surface area (Å²) in [6, 6.07) is -0.0531. The molecule has 1 saturated heterocycles. The highest BCUT2D eigenvalue weighted by molar-refractivity contribution is 9.09. The van der Waals surface area contributed by atoms with E-state index < -0.39 is 10.9 Å². The average Bonchev–Trinajstić information content (AvgIpc) is 2.39. The summed E-state index contributed by atoms with van der Waals surface area (Å²) in [5.74, 6) is -0.666. The molecular formula is C13H15BrFNO3. The summed E-state index contributed by atoms with van der Waals surface area (Å²) in [5, 5.41) is 9.42. The van der Waals surface area contributed by atoms with E-state index in [1.165, 1.54) is 6.08 Å². The second-order valence-corrected chi connectivity index (χ2v) is 6.21. The van der Waals surface area contributed by atoms with E-state index in [2.05, 4.69) is 15.9 Å². The van der Waals surface area contributed by atoms with Gasteiger partial charge in [0.1, 0.15) is 11.9 Å². The maximum atomic E-state index is 14.0. The number of carbonyl (C=O) groups is 1. The van der Waals surface area contributed by atoms with Crippen molar-refractivity contribution in [2.45, 2.75) is 30.3 Å². The number of aliphatic hydroxyl groups is 1. The van der Waals surface area contributed by atoms with Gasteiger partial charge in [-0.3, -0.25) is 4.79 Å². The van der Waals surface area contributed by atoms with Crippen molar-refractivity contribution in [2.24, 2.45) is 5.92 Å². The molecule has 3 aliphatic rings. The Kier molecular flexibility index (Phi) is 3.27. The molecule has 0 bridgehead atoms. The number of hydrogen-bond donors (Lipinski definition) is 1. The van der Waals surface area contributed by atoms with Gasteiger partial charge in [-0.1, -0.05) is 15.9 Å². The summed E-state index contributed by atoms with van der Waals surface area (Å²) >= 11 is 3.28. The van der Waals surface area contributed by atoms with Crippen LogP contribution in [-0.4, -0.2) is 46.1 Å². The van der Waals surface area contributed by atoms with Crippen molar-refractivity contribution in [1.82, 2.24) is 4.90 Å². The summed E-state index contributed by atoms with van der Waals surface area (Å²) in [4.78, 5) is 13.4. The summed E-state index contributed by atoms with van der Waals surface area (Å²) in [7, 11) is 0. The van der Waals surface area contributed by atoms with Gasteiger partial charge in [0.05, 0.1) is 29.8 Å². The van der Waals surface area contributed by atoms with Gasteiger partial charge >= 0.3 is 0 Å². The Balaban J connectivity index is 2.15. The maximum absolute atomic E-state index is 14.0. The molecule has 0 radical (unpaired) electrons. The lowest BCUT2D eigenvalue weighted by atomic mass is 9.82. The Morgan fingerprint density at radius 3 is 3.05 bits per heavy atom. The lowest BCUT2D eigenvalue weighted by Crippen LogP contribution is -2.56. The molecule has 1 fully saturated rings. The molecule has 104 valence electrons. The van der Waals surface area contributed by atoms with Gasteiger partial charge in [0, 0.05) is 12.3 Å². The first-order valence-corrected chi connectivity index (χ1v) is 7.26. The van der Waals surface area contributed by atoms with Gasteiger partial charge in [-0.25, -0.2) is 4.39 Å². The maximum Gasteiger partial charge on any atom is 0.227 e. The molecule has 0 saturated carbocycles. The van der Waals surface area contributed by atoms with Crippen LogP contribution in [0.4, 0.5) is 4.39 Å². The second kappa shape index (κ2) is 4.68. The van der Waals surface area contributed by atoms with Crippen LogP contribution in [0, 0.1) is 5.92 Å². The molecule has 2 heterocycles. The number of hydrogen-bond acceptors (Lipinski definition) is 3. The number of rotatable bonds is 1. The van der Waals surface area contributed by atoms with Crippen LogP contribution < -0.4 is 0 Å². The summed E-state index contributed by atoms with van der Waals surface area (Å²) < 4.78 is 19.6. The van der Waals surface area contributed by atoms with Gasteiger partial charge in [0.2, 0.25) is 5.91 Å². The zero-order valence-corrected chi connectivity index (χ0v) is 12.1. The van der Waals surface area contributed by atoms with Crippen LogP contribution in [0.3, 0.4) is 0 Å². The second-order valence-electron chi connectivity index (χ2n) is 5.22. The molecule has 1 amide bonds. The smallest absolute Gasteiger partial charge is 0.227 e. The third-order valence-electron chi connectivity index (χ3n) is 3.96. The number of allylic oxidation sites excluding steroid dienone is 1. The first-order chi connectivity index (χ1) is 9.04. The fraction of sp³-hybridized carbons (Fsp3) is 0.615. The molecule has 4 nitrogen and oxygen atoms in total. The molecule has 0 aromatic carbocycles.